The molecule has 0 bridgehead atoms. The summed E-state index contributed by atoms with van der Waals surface area (Å²) in [5.41, 5.74) is 7.23. The van der Waals surface area contributed by atoms with Gasteiger partial charge >= 0.3 is 0 Å². The van der Waals surface area contributed by atoms with Crippen molar-refractivity contribution in [1.82, 2.24) is 4.57 Å². The van der Waals surface area contributed by atoms with E-state index in [0.717, 1.165) is 11.1 Å². The van der Waals surface area contributed by atoms with Crippen molar-refractivity contribution in [3.63, 3.8) is 0 Å². The third-order valence-electron chi connectivity index (χ3n) is 2.80. The first kappa shape index (κ1) is 13.4. The topological polar surface area (TPSA) is 48.0 Å². The molecule has 1 heterocycles. The number of benzene rings is 1. The highest BCUT2D eigenvalue weighted by atomic mass is 32.1. The number of thiocarbonyl (C=S) groups is 1. The molecule has 1 aromatic carbocycles. The van der Waals surface area contributed by atoms with E-state index in [-0.39, 0.29) is 16.1 Å². The van der Waals surface area contributed by atoms with Crippen molar-refractivity contribution in [3.8, 4) is 0 Å². The molecule has 0 saturated carbocycles. The van der Waals surface area contributed by atoms with Gasteiger partial charge in [0.2, 0.25) is 0 Å². The number of nitrogens with two attached hydrogens (primary N) is 1. The Bertz CT molecular complexity index is 694. The Hall–Kier alpha value is -2.01. The van der Waals surface area contributed by atoms with Crippen molar-refractivity contribution >= 4 is 17.2 Å². The molecule has 0 aliphatic carbocycles. The number of nitrogens with zero attached hydrogens (tertiary/aromatic N) is 1. The number of hydrogen-bond acceptors (Lipinski definition) is 2. The van der Waals surface area contributed by atoms with Crippen LogP contribution in [0.15, 0.2) is 41.3 Å². The molecule has 19 heavy (non-hydrogen) atoms. The van der Waals surface area contributed by atoms with Crippen molar-refractivity contribution in [2.24, 2.45) is 5.73 Å². The van der Waals surface area contributed by atoms with E-state index >= 15 is 0 Å². The van der Waals surface area contributed by atoms with Crippen molar-refractivity contribution < 1.29 is 4.39 Å². The lowest BCUT2D eigenvalue weighted by Crippen LogP contribution is -2.20. The van der Waals surface area contributed by atoms with Gasteiger partial charge in [-0.2, -0.15) is 0 Å². The predicted octanol–water partition coefficient (Wildman–Crippen LogP) is 1.98. The van der Waals surface area contributed by atoms with Crippen LogP contribution >= 0.6 is 12.2 Å². The average Bonchev–Trinajstić information content (AvgIpc) is 2.34. The molecule has 0 aliphatic rings. The van der Waals surface area contributed by atoms with Crippen LogP contribution in [0.2, 0.25) is 0 Å². The van der Waals surface area contributed by atoms with Gasteiger partial charge in [-0.3, -0.25) is 4.79 Å². The minimum Gasteiger partial charge on any atom is -0.389 e. The zero-order valence-electron chi connectivity index (χ0n) is 10.4. The van der Waals surface area contributed by atoms with E-state index in [0.29, 0.717) is 6.54 Å². The smallest absolute Gasteiger partial charge is 0.251 e. The van der Waals surface area contributed by atoms with Gasteiger partial charge in [-0.25, -0.2) is 4.39 Å². The second kappa shape index (κ2) is 5.32. The van der Waals surface area contributed by atoms with E-state index in [1.54, 1.807) is 29.0 Å². The lowest BCUT2D eigenvalue weighted by molar-refractivity contribution is 0.623. The Morgan fingerprint density at radius 1 is 1.37 bits per heavy atom. The summed E-state index contributed by atoms with van der Waals surface area (Å²) >= 11 is 4.79. The third kappa shape index (κ3) is 3.06. The molecule has 0 fully saturated rings. The number of rotatable bonds is 3. The number of halogens is 1. The Labute approximate surface area is 115 Å². The lowest BCUT2D eigenvalue weighted by Gasteiger charge is -2.08. The molecule has 0 amide bonds. The van der Waals surface area contributed by atoms with Gasteiger partial charge in [-0.15, -0.1) is 0 Å². The molecular formula is C14H13FN2OS. The zero-order chi connectivity index (χ0) is 14.0. The monoisotopic (exact) mass is 276 g/mol. The maximum absolute atomic E-state index is 13.5. The van der Waals surface area contributed by atoms with Gasteiger partial charge in [0.1, 0.15) is 10.8 Å². The van der Waals surface area contributed by atoms with Gasteiger partial charge in [0.05, 0.1) is 6.54 Å². The van der Waals surface area contributed by atoms with Gasteiger partial charge in [-0.1, -0.05) is 18.3 Å². The van der Waals surface area contributed by atoms with E-state index in [1.807, 2.05) is 13.0 Å². The van der Waals surface area contributed by atoms with Crippen LogP contribution in [0.3, 0.4) is 0 Å². The highest BCUT2D eigenvalue weighted by Crippen LogP contribution is 2.11. The average molecular weight is 276 g/mol. The molecule has 0 unspecified atom stereocenters. The maximum atomic E-state index is 13.5. The van der Waals surface area contributed by atoms with Crippen LogP contribution in [0.1, 0.15) is 16.7 Å². The molecule has 0 radical (unpaired) electrons. The summed E-state index contributed by atoms with van der Waals surface area (Å²) in [5.74, 6) is -0.451. The fourth-order valence-corrected chi connectivity index (χ4v) is 1.95. The first-order valence-corrected chi connectivity index (χ1v) is 6.13. The molecular weight excluding hydrogens is 263 g/mol. The molecule has 0 spiro atoms. The Balaban J connectivity index is 2.36. The number of aryl methyl sites for hydroxylation is 1. The van der Waals surface area contributed by atoms with Crippen molar-refractivity contribution in [3.05, 3.63) is 69.4 Å². The summed E-state index contributed by atoms with van der Waals surface area (Å²) in [4.78, 5) is 11.8. The van der Waals surface area contributed by atoms with Gasteiger partial charge in [0.25, 0.3) is 5.56 Å². The van der Waals surface area contributed by atoms with Crippen molar-refractivity contribution in [2.45, 2.75) is 13.5 Å². The van der Waals surface area contributed by atoms with E-state index in [4.69, 9.17) is 18.0 Å². The molecule has 2 N–H and O–H groups in total. The fourth-order valence-electron chi connectivity index (χ4n) is 1.79. The SMILES string of the molecule is Cc1ccn(Cc2ccc(F)c(C(N)=S)c2)c(=O)c1. The second-order valence-corrected chi connectivity index (χ2v) is 4.79. The highest BCUT2D eigenvalue weighted by Gasteiger charge is 2.07. The molecule has 2 rings (SSSR count). The molecule has 1 aromatic heterocycles. The third-order valence-corrected chi connectivity index (χ3v) is 3.02. The number of hydrogen-bond donors (Lipinski definition) is 1. The molecule has 0 aliphatic heterocycles. The van der Waals surface area contributed by atoms with Crippen LogP contribution < -0.4 is 11.3 Å². The van der Waals surface area contributed by atoms with E-state index < -0.39 is 5.82 Å². The van der Waals surface area contributed by atoms with E-state index in [1.165, 1.54) is 6.07 Å². The Morgan fingerprint density at radius 3 is 2.74 bits per heavy atom. The zero-order valence-corrected chi connectivity index (χ0v) is 11.2. The largest absolute Gasteiger partial charge is 0.389 e. The summed E-state index contributed by atoms with van der Waals surface area (Å²) in [6.07, 6.45) is 1.71. The molecule has 3 nitrogen and oxygen atoms in total. The molecule has 98 valence electrons. The predicted molar refractivity (Wildman–Crippen MR) is 76.8 cm³/mol. The van der Waals surface area contributed by atoms with Crippen LogP contribution in [0.25, 0.3) is 0 Å². The van der Waals surface area contributed by atoms with Crippen LogP contribution in [-0.2, 0) is 6.54 Å². The minimum atomic E-state index is -0.451. The lowest BCUT2D eigenvalue weighted by atomic mass is 10.1. The van der Waals surface area contributed by atoms with E-state index in [9.17, 15) is 9.18 Å². The van der Waals surface area contributed by atoms with Gasteiger partial charge in [0, 0.05) is 17.8 Å². The summed E-state index contributed by atoms with van der Waals surface area (Å²) in [5, 5.41) is 0. The highest BCUT2D eigenvalue weighted by molar-refractivity contribution is 7.80. The van der Waals surface area contributed by atoms with Crippen LogP contribution in [0.4, 0.5) is 4.39 Å². The summed E-state index contributed by atoms with van der Waals surface area (Å²) < 4.78 is 15.0. The Morgan fingerprint density at radius 2 is 2.11 bits per heavy atom. The van der Waals surface area contributed by atoms with Crippen molar-refractivity contribution in [1.29, 1.82) is 0 Å². The van der Waals surface area contributed by atoms with Crippen LogP contribution in [0, 0.1) is 12.7 Å². The standard InChI is InChI=1S/C14H13FN2OS/c1-9-4-5-17(13(18)6-9)8-10-2-3-12(15)11(7-10)14(16)19/h2-7H,8H2,1H3,(H2,16,19). The van der Waals surface area contributed by atoms with Crippen LogP contribution in [0.5, 0.6) is 0 Å². The summed E-state index contributed by atoms with van der Waals surface area (Å²) in [6.45, 7) is 2.21. The first-order valence-electron chi connectivity index (χ1n) is 5.72. The molecule has 5 heteroatoms. The van der Waals surface area contributed by atoms with E-state index in [2.05, 4.69) is 0 Å². The van der Waals surface area contributed by atoms with Gasteiger partial charge in [-0.05, 0) is 36.2 Å². The molecule has 0 saturated heterocycles. The number of pyridine rings is 1. The van der Waals surface area contributed by atoms with Crippen LogP contribution in [-0.4, -0.2) is 9.56 Å². The molecule has 0 atom stereocenters. The summed E-state index contributed by atoms with van der Waals surface area (Å²) in [6, 6.07) is 7.90. The van der Waals surface area contributed by atoms with Gasteiger partial charge in [0.15, 0.2) is 0 Å². The minimum absolute atomic E-state index is 0.00982. The quantitative estimate of drug-likeness (QED) is 0.872. The number of aromatic nitrogens is 1. The fraction of sp³-hybridized carbons (Fsp3) is 0.143. The first-order chi connectivity index (χ1) is 8.97. The van der Waals surface area contributed by atoms with Crippen molar-refractivity contribution in [2.75, 3.05) is 0 Å². The molecule has 2 aromatic rings. The Kier molecular flexibility index (Phi) is 3.76. The maximum Gasteiger partial charge on any atom is 0.251 e. The normalized spacial score (nSPS) is 10.4. The summed E-state index contributed by atoms with van der Waals surface area (Å²) in [7, 11) is 0. The van der Waals surface area contributed by atoms with Gasteiger partial charge < -0.3 is 10.3 Å². The second-order valence-electron chi connectivity index (χ2n) is 4.35.